The number of hydrogen-bond acceptors (Lipinski definition) is 4. The third-order valence-corrected chi connectivity index (χ3v) is 3.61. The average Bonchev–Trinajstić information content (AvgIpc) is 2.56. The molecule has 0 atom stereocenters. The zero-order valence-corrected chi connectivity index (χ0v) is 14.1. The highest BCUT2D eigenvalue weighted by Crippen LogP contribution is 2.33. The Hall–Kier alpha value is -2.35. The number of carbonyl (C=O) groups excluding carboxylic acids is 1. The summed E-state index contributed by atoms with van der Waals surface area (Å²) in [5.74, 6) is -0.217. The molecule has 0 saturated heterocycles. The fraction of sp³-hybridized carbons (Fsp3) is 0.312. The van der Waals surface area contributed by atoms with Crippen molar-refractivity contribution in [1.29, 1.82) is 0 Å². The first-order valence-corrected chi connectivity index (χ1v) is 7.93. The van der Waals surface area contributed by atoms with Crippen molar-refractivity contribution in [3.63, 3.8) is 0 Å². The molecule has 0 unspecified atom stereocenters. The summed E-state index contributed by atoms with van der Waals surface area (Å²) < 4.78 is 38.3. The van der Waals surface area contributed by atoms with E-state index in [0.717, 1.165) is 31.0 Å². The standard InChI is InChI=1S/C16H16ClF3N4O/c1-2-3-6-21-14-8-13(22-9-23-14)15(25)24-12-7-10(16(18,19)20)4-5-11(12)17/h4-5,7-9H,2-3,6H2,1H3,(H,24,25)(H,21,22,23). The van der Waals surface area contributed by atoms with Gasteiger partial charge in [0.05, 0.1) is 16.3 Å². The third-order valence-electron chi connectivity index (χ3n) is 3.28. The number of carbonyl (C=O) groups is 1. The molecule has 2 aromatic rings. The lowest BCUT2D eigenvalue weighted by Crippen LogP contribution is -2.16. The molecular formula is C16H16ClF3N4O. The first-order chi connectivity index (χ1) is 11.8. The van der Waals surface area contributed by atoms with Crippen LogP contribution in [0.1, 0.15) is 35.8 Å². The normalized spacial score (nSPS) is 11.2. The minimum Gasteiger partial charge on any atom is -0.370 e. The summed E-state index contributed by atoms with van der Waals surface area (Å²) in [7, 11) is 0. The van der Waals surface area contributed by atoms with Gasteiger partial charge in [-0.1, -0.05) is 24.9 Å². The number of rotatable bonds is 6. The zero-order valence-electron chi connectivity index (χ0n) is 13.3. The van der Waals surface area contributed by atoms with E-state index >= 15 is 0 Å². The van der Waals surface area contributed by atoms with Gasteiger partial charge in [0.25, 0.3) is 5.91 Å². The Kier molecular flexibility index (Phi) is 6.19. The number of nitrogens with one attached hydrogen (secondary N) is 2. The van der Waals surface area contributed by atoms with Gasteiger partial charge in [-0.05, 0) is 24.6 Å². The molecule has 1 amide bonds. The molecule has 5 nitrogen and oxygen atoms in total. The van der Waals surface area contributed by atoms with Gasteiger partial charge in [0.2, 0.25) is 0 Å². The molecule has 9 heteroatoms. The molecule has 2 N–H and O–H groups in total. The number of anilines is 2. The highest BCUT2D eigenvalue weighted by molar-refractivity contribution is 6.33. The van der Waals surface area contributed by atoms with Gasteiger partial charge in [0.15, 0.2) is 0 Å². The number of hydrogen-bond donors (Lipinski definition) is 2. The van der Waals surface area contributed by atoms with Crippen LogP contribution >= 0.6 is 11.6 Å². The van der Waals surface area contributed by atoms with Gasteiger partial charge >= 0.3 is 6.18 Å². The van der Waals surface area contributed by atoms with Crippen molar-refractivity contribution < 1.29 is 18.0 Å². The van der Waals surface area contributed by atoms with Crippen LogP contribution in [0.3, 0.4) is 0 Å². The first kappa shape index (κ1) is 19.0. The maximum atomic E-state index is 12.8. The van der Waals surface area contributed by atoms with Gasteiger partial charge in [-0.25, -0.2) is 9.97 Å². The Morgan fingerprint density at radius 1 is 1.24 bits per heavy atom. The largest absolute Gasteiger partial charge is 0.416 e. The SMILES string of the molecule is CCCCNc1cc(C(=O)Nc2cc(C(F)(F)F)ccc2Cl)ncn1. The molecule has 0 spiro atoms. The highest BCUT2D eigenvalue weighted by Gasteiger charge is 2.31. The number of unbranched alkanes of at least 4 members (excludes halogenated alkanes) is 1. The van der Waals surface area contributed by atoms with E-state index in [4.69, 9.17) is 11.6 Å². The van der Waals surface area contributed by atoms with Crippen molar-refractivity contribution >= 4 is 29.0 Å². The molecule has 1 aromatic heterocycles. The van der Waals surface area contributed by atoms with E-state index < -0.39 is 17.6 Å². The molecule has 25 heavy (non-hydrogen) atoms. The number of nitrogens with zero attached hydrogens (tertiary/aromatic N) is 2. The number of aromatic nitrogens is 2. The molecule has 2 rings (SSSR count). The predicted molar refractivity (Wildman–Crippen MR) is 89.8 cm³/mol. The Morgan fingerprint density at radius 3 is 2.68 bits per heavy atom. The molecule has 0 aliphatic rings. The lowest BCUT2D eigenvalue weighted by Gasteiger charge is -2.12. The molecule has 134 valence electrons. The van der Waals surface area contributed by atoms with Crippen LogP contribution < -0.4 is 10.6 Å². The summed E-state index contributed by atoms with van der Waals surface area (Å²) >= 11 is 5.87. The lowest BCUT2D eigenvalue weighted by molar-refractivity contribution is -0.137. The summed E-state index contributed by atoms with van der Waals surface area (Å²) in [6, 6.07) is 4.13. The second-order valence-electron chi connectivity index (χ2n) is 5.22. The van der Waals surface area contributed by atoms with E-state index in [2.05, 4.69) is 20.6 Å². The van der Waals surface area contributed by atoms with E-state index in [9.17, 15) is 18.0 Å². The molecular weight excluding hydrogens is 357 g/mol. The van der Waals surface area contributed by atoms with Crippen LogP contribution in [0.25, 0.3) is 0 Å². The van der Waals surface area contributed by atoms with Crippen molar-refractivity contribution in [2.45, 2.75) is 25.9 Å². The average molecular weight is 373 g/mol. The number of halogens is 4. The summed E-state index contributed by atoms with van der Waals surface area (Å²) in [5, 5.41) is 5.38. The molecule has 0 saturated carbocycles. The van der Waals surface area contributed by atoms with E-state index in [0.29, 0.717) is 12.4 Å². The molecule has 1 heterocycles. The molecule has 0 aliphatic carbocycles. The van der Waals surface area contributed by atoms with E-state index in [1.807, 2.05) is 6.92 Å². The van der Waals surface area contributed by atoms with Crippen LogP contribution in [0.4, 0.5) is 24.7 Å². The molecule has 0 aliphatic heterocycles. The second-order valence-corrected chi connectivity index (χ2v) is 5.62. The van der Waals surface area contributed by atoms with Crippen LogP contribution in [0, 0.1) is 0 Å². The van der Waals surface area contributed by atoms with Crippen molar-refractivity contribution in [3.05, 3.63) is 46.9 Å². The number of amides is 1. The van der Waals surface area contributed by atoms with Crippen molar-refractivity contribution in [2.75, 3.05) is 17.2 Å². The fourth-order valence-electron chi connectivity index (χ4n) is 1.96. The van der Waals surface area contributed by atoms with E-state index in [-0.39, 0.29) is 16.4 Å². The monoisotopic (exact) mass is 372 g/mol. The van der Waals surface area contributed by atoms with Crippen LogP contribution in [-0.4, -0.2) is 22.4 Å². The van der Waals surface area contributed by atoms with Crippen molar-refractivity contribution in [3.8, 4) is 0 Å². The maximum absolute atomic E-state index is 12.8. The van der Waals surface area contributed by atoms with E-state index in [1.165, 1.54) is 12.4 Å². The summed E-state index contributed by atoms with van der Waals surface area (Å²) in [5.41, 5.74) is -1.03. The Morgan fingerprint density at radius 2 is 2.00 bits per heavy atom. The molecule has 0 radical (unpaired) electrons. The molecule has 0 fully saturated rings. The van der Waals surface area contributed by atoms with Gasteiger partial charge in [-0.15, -0.1) is 0 Å². The van der Waals surface area contributed by atoms with Crippen LogP contribution in [0.5, 0.6) is 0 Å². The van der Waals surface area contributed by atoms with Crippen LogP contribution in [0.2, 0.25) is 5.02 Å². The lowest BCUT2D eigenvalue weighted by atomic mass is 10.2. The topological polar surface area (TPSA) is 66.9 Å². The Labute approximate surface area is 147 Å². The van der Waals surface area contributed by atoms with Crippen LogP contribution in [-0.2, 0) is 6.18 Å². The molecule has 0 bridgehead atoms. The Balaban J connectivity index is 2.16. The van der Waals surface area contributed by atoms with Gasteiger partial charge in [0, 0.05) is 12.6 Å². The third kappa shape index (κ3) is 5.32. The quantitative estimate of drug-likeness (QED) is 0.726. The zero-order chi connectivity index (χ0) is 18.4. The summed E-state index contributed by atoms with van der Waals surface area (Å²) in [6.45, 7) is 2.73. The highest BCUT2D eigenvalue weighted by atomic mass is 35.5. The van der Waals surface area contributed by atoms with Gasteiger partial charge in [0.1, 0.15) is 17.8 Å². The fourth-order valence-corrected chi connectivity index (χ4v) is 2.12. The predicted octanol–water partition coefficient (Wildman–Crippen LogP) is 4.61. The van der Waals surface area contributed by atoms with Gasteiger partial charge in [-0.3, -0.25) is 4.79 Å². The summed E-state index contributed by atoms with van der Waals surface area (Å²) in [4.78, 5) is 20.1. The minimum absolute atomic E-state index is 0.00306. The Bertz CT molecular complexity index is 752. The van der Waals surface area contributed by atoms with Gasteiger partial charge in [-0.2, -0.15) is 13.2 Å². The van der Waals surface area contributed by atoms with Gasteiger partial charge < -0.3 is 10.6 Å². The molecule has 1 aromatic carbocycles. The van der Waals surface area contributed by atoms with Crippen LogP contribution in [0.15, 0.2) is 30.6 Å². The van der Waals surface area contributed by atoms with Crippen molar-refractivity contribution in [1.82, 2.24) is 9.97 Å². The maximum Gasteiger partial charge on any atom is 0.416 e. The summed E-state index contributed by atoms with van der Waals surface area (Å²) in [6.07, 6.45) is -1.39. The smallest absolute Gasteiger partial charge is 0.370 e. The van der Waals surface area contributed by atoms with Crippen molar-refractivity contribution in [2.24, 2.45) is 0 Å². The minimum atomic E-state index is -4.53. The second kappa shape index (κ2) is 8.15. The number of benzene rings is 1. The van der Waals surface area contributed by atoms with E-state index in [1.54, 1.807) is 0 Å². The first-order valence-electron chi connectivity index (χ1n) is 7.55. The number of alkyl halides is 3.